The Labute approximate surface area is 227 Å². The number of rotatable bonds is 8. The molecule has 0 bridgehead atoms. The number of nitrogens with zero attached hydrogens (tertiary/aromatic N) is 4. The molecule has 39 heavy (non-hydrogen) atoms. The second-order valence-corrected chi connectivity index (χ2v) is 9.82. The van der Waals surface area contributed by atoms with E-state index >= 15 is 0 Å². The van der Waals surface area contributed by atoms with Gasteiger partial charge in [0.05, 0.1) is 30.2 Å². The van der Waals surface area contributed by atoms with Crippen LogP contribution >= 0.6 is 11.3 Å². The van der Waals surface area contributed by atoms with Crippen LogP contribution in [0.1, 0.15) is 36.9 Å². The normalized spacial score (nSPS) is 10.7. The van der Waals surface area contributed by atoms with Gasteiger partial charge in [0.2, 0.25) is 0 Å². The topological polar surface area (TPSA) is 99.2 Å². The summed E-state index contributed by atoms with van der Waals surface area (Å²) >= 11 is 1.17. The van der Waals surface area contributed by atoms with Crippen molar-refractivity contribution < 1.29 is 19.1 Å². The smallest absolute Gasteiger partial charge is 0.345 e. The maximum Gasteiger partial charge on any atom is 0.345 e. The quantitative estimate of drug-likeness (QED) is 0.254. The van der Waals surface area contributed by atoms with Gasteiger partial charge in [-0.25, -0.2) is 14.2 Å². The van der Waals surface area contributed by atoms with Crippen molar-refractivity contribution in [2.24, 2.45) is 0 Å². The zero-order valence-corrected chi connectivity index (χ0v) is 21.3. The van der Waals surface area contributed by atoms with Crippen LogP contribution in [-0.2, 0) is 13.1 Å². The van der Waals surface area contributed by atoms with Gasteiger partial charge in [-0.05, 0) is 65.7 Å². The zero-order chi connectivity index (χ0) is 27.4. The number of amides is 1. The molecule has 0 fully saturated rings. The Morgan fingerprint density at radius 3 is 2.46 bits per heavy atom. The monoisotopic (exact) mass is 536 g/mol. The Kier molecular flexibility index (Phi) is 7.30. The molecule has 5 aromatic rings. The second-order valence-electron chi connectivity index (χ2n) is 8.74. The fraction of sp³-hybridized carbons (Fsp3) is 0.0667. The largest absolute Gasteiger partial charge is 0.477 e. The maximum atomic E-state index is 14.0. The molecular weight excluding hydrogens is 515 g/mol. The number of carbonyl (C=O) groups excluding carboxylic acids is 1. The van der Waals surface area contributed by atoms with Crippen molar-refractivity contribution in [1.29, 1.82) is 5.26 Å². The number of nitriles is 1. The minimum Gasteiger partial charge on any atom is -0.477 e. The minimum atomic E-state index is -0.979. The lowest BCUT2D eigenvalue weighted by atomic mass is 10.1. The fourth-order valence-corrected chi connectivity index (χ4v) is 4.99. The van der Waals surface area contributed by atoms with Crippen molar-refractivity contribution >= 4 is 28.9 Å². The van der Waals surface area contributed by atoms with Gasteiger partial charge in [0.15, 0.2) is 0 Å². The van der Waals surface area contributed by atoms with Crippen LogP contribution in [0.15, 0.2) is 97.5 Å². The average Bonchev–Trinajstić information content (AvgIpc) is 3.62. The predicted molar refractivity (Wildman–Crippen MR) is 146 cm³/mol. The number of aromatic nitrogens is 2. The Balaban J connectivity index is 1.46. The molecular formula is C30H21FN4O3S. The van der Waals surface area contributed by atoms with E-state index in [9.17, 15) is 19.1 Å². The molecule has 0 unspecified atom stereocenters. The van der Waals surface area contributed by atoms with Crippen molar-refractivity contribution in [3.05, 3.63) is 131 Å². The van der Waals surface area contributed by atoms with Gasteiger partial charge >= 0.3 is 5.97 Å². The van der Waals surface area contributed by atoms with Crippen LogP contribution in [0.4, 0.5) is 10.1 Å². The molecule has 0 radical (unpaired) electrons. The number of thiophene rings is 1. The van der Waals surface area contributed by atoms with Gasteiger partial charge in [-0.2, -0.15) is 5.26 Å². The lowest BCUT2D eigenvalue weighted by Gasteiger charge is -2.24. The summed E-state index contributed by atoms with van der Waals surface area (Å²) in [4.78, 5) is 31.8. The summed E-state index contributed by atoms with van der Waals surface area (Å²) in [6, 6.07) is 25.4. The average molecular weight is 537 g/mol. The number of carboxylic acids is 1. The molecule has 5 rings (SSSR count). The number of imidazole rings is 1. The third-order valence-electron chi connectivity index (χ3n) is 6.15. The highest BCUT2D eigenvalue weighted by atomic mass is 32.1. The molecule has 1 amide bonds. The van der Waals surface area contributed by atoms with Crippen molar-refractivity contribution in [3.63, 3.8) is 0 Å². The zero-order valence-electron chi connectivity index (χ0n) is 20.5. The Bertz CT molecular complexity index is 1680. The lowest BCUT2D eigenvalue weighted by Crippen LogP contribution is -2.31. The van der Waals surface area contributed by atoms with E-state index in [0.717, 1.165) is 21.7 Å². The van der Waals surface area contributed by atoms with Gasteiger partial charge in [-0.1, -0.05) is 30.3 Å². The van der Waals surface area contributed by atoms with Crippen LogP contribution in [0.25, 0.3) is 10.4 Å². The van der Waals surface area contributed by atoms with Gasteiger partial charge in [-0.15, -0.1) is 11.3 Å². The van der Waals surface area contributed by atoms with E-state index < -0.39 is 11.8 Å². The number of benzene rings is 3. The summed E-state index contributed by atoms with van der Waals surface area (Å²) in [5.41, 5.74) is 3.92. The minimum absolute atomic E-state index is 0.174. The molecule has 0 aliphatic rings. The maximum absolute atomic E-state index is 14.0. The van der Waals surface area contributed by atoms with Gasteiger partial charge in [0.1, 0.15) is 10.7 Å². The third-order valence-corrected chi connectivity index (χ3v) is 7.27. The standard InChI is InChI=1S/C30H21FN4O3S/c31-24-3-1-2-23(14-24)29(36)35(25-10-8-22(9-11-25)27-12-13-28(39-27)30(37)38)18-26-16-33-19-34(26)17-21-6-4-20(15-32)5-7-21/h1-14,16,19H,17-18H2,(H,37,38). The molecule has 0 atom stereocenters. The van der Waals surface area contributed by atoms with Gasteiger partial charge in [0.25, 0.3) is 5.91 Å². The van der Waals surface area contributed by atoms with E-state index in [1.165, 1.54) is 29.5 Å². The van der Waals surface area contributed by atoms with Gasteiger partial charge in [0, 0.05) is 28.9 Å². The van der Waals surface area contributed by atoms with E-state index in [2.05, 4.69) is 11.1 Å². The highest BCUT2D eigenvalue weighted by Crippen LogP contribution is 2.31. The fourth-order valence-electron chi connectivity index (χ4n) is 4.14. The van der Waals surface area contributed by atoms with Gasteiger partial charge in [-0.3, -0.25) is 4.79 Å². The lowest BCUT2D eigenvalue weighted by molar-refractivity contribution is 0.0702. The van der Waals surface area contributed by atoms with E-state index in [4.69, 9.17) is 5.26 Å². The van der Waals surface area contributed by atoms with E-state index in [-0.39, 0.29) is 22.9 Å². The molecule has 0 spiro atoms. The van der Waals surface area contributed by atoms with Crippen LogP contribution < -0.4 is 4.90 Å². The molecule has 3 aromatic carbocycles. The number of carbonyl (C=O) groups is 2. The highest BCUT2D eigenvalue weighted by Gasteiger charge is 2.21. The number of anilines is 1. The third kappa shape index (κ3) is 5.76. The number of halogens is 1. The van der Waals surface area contributed by atoms with E-state index in [1.54, 1.807) is 59.9 Å². The van der Waals surface area contributed by atoms with Crippen LogP contribution in [0.5, 0.6) is 0 Å². The molecule has 0 saturated carbocycles. The predicted octanol–water partition coefficient (Wildman–Crippen LogP) is 6.22. The van der Waals surface area contributed by atoms with E-state index in [1.807, 2.05) is 28.8 Å². The Morgan fingerprint density at radius 1 is 1.03 bits per heavy atom. The first-order chi connectivity index (χ1) is 18.9. The van der Waals surface area contributed by atoms with Crippen LogP contribution in [0.3, 0.4) is 0 Å². The summed E-state index contributed by atoms with van der Waals surface area (Å²) in [5.74, 6) is -1.86. The van der Waals surface area contributed by atoms with Crippen molar-refractivity contribution in [1.82, 2.24) is 9.55 Å². The Morgan fingerprint density at radius 2 is 1.79 bits per heavy atom. The highest BCUT2D eigenvalue weighted by molar-refractivity contribution is 7.17. The summed E-state index contributed by atoms with van der Waals surface area (Å²) in [7, 11) is 0. The molecule has 0 aliphatic carbocycles. The molecule has 1 N–H and O–H groups in total. The number of hydrogen-bond donors (Lipinski definition) is 1. The molecule has 2 heterocycles. The number of aromatic carboxylic acids is 1. The van der Waals surface area contributed by atoms with Crippen molar-refractivity contribution in [3.8, 4) is 16.5 Å². The summed E-state index contributed by atoms with van der Waals surface area (Å²) < 4.78 is 15.9. The van der Waals surface area contributed by atoms with Crippen LogP contribution in [-0.4, -0.2) is 26.5 Å². The van der Waals surface area contributed by atoms with Crippen molar-refractivity contribution in [2.45, 2.75) is 13.1 Å². The van der Waals surface area contributed by atoms with Crippen LogP contribution in [0, 0.1) is 17.1 Å². The SMILES string of the molecule is N#Cc1ccc(Cn2cncc2CN(C(=O)c2cccc(F)c2)c2ccc(-c3ccc(C(=O)O)s3)cc2)cc1. The number of carboxylic acid groups (broad SMARTS) is 1. The molecule has 7 nitrogen and oxygen atoms in total. The molecule has 2 aromatic heterocycles. The molecule has 9 heteroatoms. The Hall–Kier alpha value is -5.07. The molecule has 0 saturated heterocycles. The van der Waals surface area contributed by atoms with Gasteiger partial charge < -0.3 is 14.6 Å². The van der Waals surface area contributed by atoms with E-state index in [0.29, 0.717) is 17.8 Å². The summed E-state index contributed by atoms with van der Waals surface area (Å²) in [6.07, 6.45) is 3.36. The molecule has 0 aliphatic heterocycles. The first-order valence-corrected chi connectivity index (χ1v) is 12.7. The van der Waals surface area contributed by atoms with Crippen molar-refractivity contribution in [2.75, 3.05) is 4.90 Å². The van der Waals surface area contributed by atoms with Crippen LogP contribution in [0.2, 0.25) is 0 Å². The summed E-state index contributed by atoms with van der Waals surface area (Å²) in [5, 5.41) is 18.3. The first kappa shape index (κ1) is 25.6. The molecule has 192 valence electrons. The number of hydrogen-bond acceptors (Lipinski definition) is 5. The summed E-state index contributed by atoms with van der Waals surface area (Å²) in [6.45, 7) is 0.666. The second kappa shape index (κ2) is 11.1. The first-order valence-electron chi connectivity index (χ1n) is 11.9.